The maximum atomic E-state index is 12.7. The number of anilines is 2. The molecule has 9 nitrogen and oxygen atoms in total. The summed E-state index contributed by atoms with van der Waals surface area (Å²) in [6.07, 6.45) is 0.814. The lowest BCUT2D eigenvalue weighted by Gasteiger charge is -2.20. The van der Waals surface area contributed by atoms with Gasteiger partial charge in [-0.25, -0.2) is 14.6 Å². The Morgan fingerprint density at radius 1 is 1.22 bits per heavy atom. The number of urea groups is 1. The number of ether oxygens (including phenoxy) is 2. The van der Waals surface area contributed by atoms with Crippen molar-refractivity contribution in [2.24, 2.45) is 0 Å². The lowest BCUT2D eigenvalue weighted by Crippen LogP contribution is -2.40. The second-order valence-corrected chi connectivity index (χ2v) is 6.00. The van der Waals surface area contributed by atoms with Gasteiger partial charge in [-0.2, -0.15) is 0 Å². The molecule has 4 rings (SSSR count). The Balaban J connectivity index is 1.59. The molecule has 2 atom stereocenters. The van der Waals surface area contributed by atoms with Crippen LogP contribution in [0, 0.1) is 0 Å². The number of carbonyl (C=O) groups excluding carboxylic acids is 3. The molecule has 2 aliphatic heterocycles. The Morgan fingerprint density at radius 2 is 2.07 bits per heavy atom. The number of hydrogen-bond acceptors (Lipinski definition) is 6. The van der Waals surface area contributed by atoms with E-state index in [-0.39, 0.29) is 12.5 Å². The second kappa shape index (κ2) is 6.69. The van der Waals surface area contributed by atoms with E-state index in [1.54, 1.807) is 42.6 Å². The molecule has 2 N–H and O–H groups in total. The third-order valence-corrected chi connectivity index (χ3v) is 4.45. The van der Waals surface area contributed by atoms with Gasteiger partial charge in [0.05, 0.1) is 19.4 Å². The fourth-order valence-electron chi connectivity index (χ4n) is 3.27. The number of hydrogen-bond donors (Lipinski definition) is 2. The van der Waals surface area contributed by atoms with Crippen molar-refractivity contribution in [3.05, 3.63) is 53.7 Å². The molecule has 0 spiro atoms. The summed E-state index contributed by atoms with van der Waals surface area (Å²) in [6, 6.07) is 8.79. The van der Waals surface area contributed by atoms with Crippen LogP contribution >= 0.6 is 0 Å². The van der Waals surface area contributed by atoms with Crippen LogP contribution < -0.4 is 10.6 Å². The highest BCUT2D eigenvalue weighted by Gasteiger charge is 2.50. The quantitative estimate of drug-likeness (QED) is 0.799. The van der Waals surface area contributed by atoms with Gasteiger partial charge in [0.2, 0.25) is 0 Å². The average Bonchev–Trinajstić information content (AvgIpc) is 3.22. The van der Waals surface area contributed by atoms with Crippen LogP contribution in [-0.4, -0.2) is 47.6 Å². The number of methoxy groups -OCH3 is 1. The summed E-state index contributed by atoms with van der Waals surface area (Å²) in [5.41, 5.74) is 1.32. The topological polar surface area (TPSA) is 110 Å². The lowest BCUT2D eigenvalue weighted by atomic mass is 10.1. The Hall–Kier alpha value is -3.46. The van der Waals surface area contributed by atoms with Crippen molar-refractivity contribution in [3.8, 4) is 0 Å². The highest BCUT2D eigenvalue weighted by atomic mass is 16.5. The van der Waals surface area contributed by atoms with Crippen molar-refractivity contribution in [2.75, 3.05) is 24.4 Å². The van der Waals surface area contributed by atoms with E-state index in [1.165, 1.54) is 12.0 Å². The van der Waals surface area contributed by atoms with Crippen molar-refractivity contribution in [1.82, 2.24) is 9.88 Å². The van der Waals surface area contributed by atoms with Gasteiger partial charge in [0, 0.05) is 17.3 Å². The van der Waals surface area contributed by atoms with Crippen molar-refractivity contribution >= 4 is 29.4 Å². The summed E-state index contributed by atoms with van der Waals surface area (Å²) in [4.78, 5) is 42.3. The van der Waals surface area contributed by atoms with E-state index in [0.717, 1.165) is 0 Å². The van der Waals surface area contributed by atoms with E-state index in [0.29, 0.717) is 22.6 Å². The van der Waals surface area contributed by atoms with E-state index >= 15 is 0 Å². The van der Waals surface area contributed by atoms with Gasteiger partial charge in [-0.15, -0.1) is 0 Å². The molecule has 1 aromatic carbocycles. The summed E-state index contributed by atoms with van der Waals surface area (Å²) >= 11 is 0. The van der Waals surface area contributed by atoms with Crippen LogP contribution in [-0.2, 0) is 14.3 Å². The molecule has 0 radical (unpaired) electrons. The van der Waals surface area contributed by atoms with Crippen LogP contribution in [0.15, 0.2) is 42.6 Å². The first kappa shape index (κ1) is 17.0. The zero-order valence-electron chi connectivity index (χ0n) is 14.3. The van der Waals surface area contributed by atoms with Crippen LogP contribution in [0.4, 0.5) is 16.3 Å². The normalized spacial score (nSPS) is 20.0. The number of esters is 1. The molecule has 27 heavy (non-hydrogen) atoms. The van der Waals surface area contributed by atoms with E-state index in [1.807, 2.05) is 0 Å². The maximum absolute atomic E-state index is 12.7. The fraction of sp³-hybridized carbons (Fsp3) is 0.222. The molecule has 0 bridgehead atoms. The minimum absolute atomic E-state index is 0.0387. The predicted molar refractivity (Wildman–Crippen MR) is 94.0 cm³/mol. The molecule has 138 valence electrons. The predicted octanol–water partition coefficient (Wildman–Crippen LogP) is 1.75. The van der Waals surface area contributed by atoms with Gasteiger partial charge < -0.3 is 14.8 Å². The number of carbonyl (C=O) groups is 3. The summed E-state index contributed by atoms with van der Waals surface area (Å²) in [5.74, 6) is -0.485. The molecule has 1 unspecified atom stereocenters. The largest absolute Gasteiger partial charge is 0.467 e. The molecule has 1 saturated heterocycles. The third-order valence-electron chi connectivity index (χ3n) is 4.45. The Bertz CT molecular complexity index is 917. The molecule has 0 aliphatic carbocycles. The van der Waals surface area contributed by atoms with Gasteiger partial charge in [-0.3, -0.25) is 15.0 Å². The number of nitrogens with zero attached hydrogens (tertiary/aromatic N) is 2. The van der Waals surface area contributed by atoms with Crippen molar-refractivity contribution in [3.63, 3.8) is 0 Å². The van der Waals surface area contributed by atoms with Crippen LogP contribution in [0.1, 0.15) is 22.1 Å². The highest BCUT2D eigenvalue weighted by Crippen LogP contribution is 2.44. The Kier molecular flexibility index (Phi) is 4.21. The summed E-state index contributed by atoms with van der Waals surface area (Å²) in [5, 5.41) is 5.33. The number of aromatic nitrogens is 1. The first-order valence-electron chi connectivity index (χ1n) is 8.24. The zero-order valence-corrected chi connectivity index (χ0v) is 14.3. The molecular formula is C18H16N4O5. The standard InChI is InChI=1S/C18H16N4O5/c1-26-17(24)12-9-27-16-14-10(15(23)22(12)16)5-4-6-11(14)20-18(25)21-13-7-2-3-8-19-13/h2-8,12,16H,9H2,1H3,(H2,19,20,21,25)/t12-,16?/m0/s1. The number of nitrogens with one attached hydrogen (secondary N) is 2. The minimum atomic E-state index is -0.810. The van der Waals surface area contributed by atoms with Gasteiger partial charge in [-0.1, -0.05) is 12.1 Å². The van der Waals surface area contributed by atoms with Gasteiger partial charge >= 0.3 is 12.0 Å². The minimum Gasteiger partial charge on any atom is -0.467 e. The van der Waals surface area contributed by atoms with Crippen LogP contribution in [0.25, 0.3) is 0 Å². The number of fused-ring (bicyclic) bond motifs is 3. The molecule has 3 heterocycles. The van der Waals surface area contributed by atoms with Crippen molar-refractivity contribution in [2.45, 2.75) is 12.3 Å². The summed E-state index contributed by atoms with van der Waals surface area (Å²) < 4.78 is 10.4. The van der Waals surface area contributed by atoms with E-state index in [9.17, 15) is 14.4 Å². The average molecular weight is 368 g/mol. The van der Waals surface area contributed by atoms with Crippen molar-refractivity contribution < 1.29 is 23.9 Å². The van der Waals surface area contributed by atoms with Crippen molar-refractivity contribution in [1.29, 1.82) is 0 Å². The molecule has 1 fully saturated rings. The first-order valence-corrected chi connectivity index (χ1v) is 8.24. The first-order chi connectivity index (χ1) is 13.1. The Labute approximate surface area is 154 Å². The fourth-order valence-corrected chi connectivity index (χ4v) is 3.27. The van der Waals surface area contributed by atoms with Crippen LogP contribution in [0.3, 0.4) is 0 Å². The summed E-state index contributed by atoms with van der Waals surface area (Å²) in [6.45, 7) is 0.0387. The van der Waals surface area contributed by atoms with E-state index < -0.39 is 24.3 Å². The number of rotatable bonds is 3. The molecule has 9 heteroatoms. The maximum Gasteiger partial charge on any atom is 0.331 e. The van der Waals surface area contributed by atoms with Gasteiger partial charge in [-0.05, 0) is 24.3 Å². The highest BCUT2D eigenvalue weighted by molar-refractivity contribution is 6.06. The SMILES string of the molecule is COC(=O)[C@@H]1COC2c3c(NC(=O)Nc4ccccn4)cccc3C(=O)N21. The van der Waals surface area contributed by atoms with Gasteiger partial charge in [0.1, 0.15) is 5.82 Å². The van der Waals surface area contributed by atoms with E-state index in [2.05, 4.69) is 15.6 Å². The number of benzene rings is 1. The van der Waals surface area contributed by atoms with Gasteiger partial charge in [0.15, 0.2) is 12.3 Å². The second-order valence-electron chi connectivity index (χ2n) is 6.00. The molecule has 1 aromatic heterocycles. The van der Waals surface area contributed by atoms with Crippen LogP contribution in [0.5, 0.6) is 0 Å². The van der Waals surface area contributed by atoms with Gasteiger partial charge in [0.25, 0.3) is 5.91 Å². The molecule has 2 aliphatic rings. The monoisotopic (exact) mass is 368 g/mol. The smallest absolute Gasteiger partial charge is 0.331 e. The third kappa shape index (κ3) is 2.87. The van der Waals surface area contributed by atoms with E-state index in [4.69, 9.17) is 9.47 Å². The molecule has 2 aromatic rings. The number of amides is 3. The van der Waals surface area contributed by atoms with Crippen LogP contribution in [0.2, 0.25) is 0 Å². The lowest BCUT2D eigenvalue weighted by molar-refractivity contribution is -0.144. The Morgan fingerprint density at radius 3 is 2.81 bits per heavy atom. The molecular weight excluding hydrogens is 352 g/mol. The molecule has 0 saturated carbocycles. The summed E-state index contributed by atoms with van der Waals surface area (Å²) in [7, 11) is 1.26. The molecule has 3 amide bonds. The number of pyridine rings is 1. The zero-order chi connectivity index (χ0) is 19.0.